The van der Waals surface area contributed by atoms with Crippen LogP contribution < -0.4 is 5.73 Å². The van der Waals surface area contributed by atoms with E-state index < -0.39 is 0 Å². The molecule has 0 amide bonds. The molecule has 2 N–H and O–H groups in total. The Hall–Kier alpha value is -0.450. The standard InChI is InChI=1S/C15H19BrFNO/c16-11-2-3-13(17)12(8-11)14(18)10-4-7-19-15(9-10)5-1-6-15/h2-3,8,10,14H,1,4-7,9,18H2. The van der Waals surface area contributed by atoms with Gasteiger partial charge in [-0.15, -0.1) is 0 Å². The molecular weight excluding hydrogens is 309 g/mol. The average Bonchev–Trinajstić information content (AvgIpc) is 2.39. The predicted molar refractivity (Wildman–Crippen MR) is 76.3 cm³/mol. The summed E-state index contributed by atoms with van der Waals surface area (Å²) in [5.74, 6) is 0.114. The molecule has 1 heterocycles. The van der Waals surface area contributed by atoms with Crippen LogP contribution in [0.15, 0.2) is 22.7 Å². The molecule has 104 valence electrons. The van der Waals surface area contributed by atoms with Crippen molar-refractivity contribution in [3.8, 4) is 0 Å². The minimum absolute atomic E-state index is 0.0586. The zero-order valence-electron chi connectivity index (χ0n) is 10.9. The van der Waals surface area contributed by atoms with E-state index in [1.165, 1.54) is 12.5 Å². The van der Waals surface area contributed by atoms with Crippen molar-refractivity contribution in [1.82, 2.24) is 0 Å². The summed E-state index contributed by atoms with van der Waals surface area (Å²) in [5, 5.41) is 0. The Morgan fingerprint density at radius 1 is 1.42 bits per heavy atom. The topological polar surface area (TPSA) is 35.2 Å². The summed E-state index contributed by atoms with van der Waals surface area (Å²) < 4.78 is 20.7. The molecule has 2 unspecified atom stereocenters. The Bertz CT molecular complexity index is 475. The van der Waals surface area contributed by atoms with E-state index in [1.807, 2.05) is 6.07 Å². The zero-order chi connectivity index (χ0) is 13.5. The Kier molecular flexibility index (Phi) is 3.67. The second kappa shape index (κ2) is 5.15. The minimum atomic E-state index is -0.237. The summed E-state index contributed by atoms with van der Waals surface area (Å²) in [6.45, 7) is 0.758. The fraction of sp³-hybridized carbons (Fsp3) is 0.600. The van der Waals surface area contributed by atoms with Gasteiger partial charge in [0.1, 0.15) is 5.82 Å². The third-order valence-corrected chi connectivity index (χ3v) is 5.11. The lowest BCUT2D eigenvalue weighted by Gasteiger charge is -2.48. The first-order valence-corrected chi connectivity index (χ1v) is 7.73. The SMILES string of the molecule is NC(c1cc(Br)ccc1F)C1CCOC2(CCC2)C1. The van der Waals surface area contributed by atoms with E-state index in [0.717, 1.165) is 36.8 Å². The first-order chi connectivity index (χ1) is 9.10. The van der Waals surface area contributed by atoms with Gasteiger partial charge in [0.25, 0.3) is 0 Å². The molecule has 3 rings (SSSR count). The number of rotatable bonds is 2. The number of hydrogen-bond donors (Lipinski definition) is 1. The van der Waals surface area contributed by atoms with E-state index in [1.54, 1.807) is 6.07 Å². The monoisotopic (exact) mass is 327 g/mol. The zero-order valence-corrected chi connectivity index (χ0v) is 12.5. The van der Waals surface area contributed by atoms with Crippen molar-refractivity contribution in [3.63, 3.8) is 0 Å². The lowest BCUT2D eigenvalue weighted by atomic mass is 9.70. The molecule has 1 spiro atoms. The third-order valence-electron chi connectivity index (χ3n) is 4.62. The van der Waals surface area contributed by atoms with Crippen LogP contribution in [0.5, 0.6) is 0 Å². The smallest absolute Gasteiger partial charge is 0.128 e. The van der Waals surface area contributed by atoms with Crippen molar-refractivity contribution in [3.05, 3.63) is 34.1 Å². The van der Waals surface area contributed by atoms with Crippen LogP contribution in [-0.2, 0) is 4.74 Å². The van der Waals surface area contributed by atoms with Crippen molar-refractivity contribution in [2.24, 2.45) is 11.7 Å². The molecule has 1 aliphatic heterocycles. The largest absolute Gasteiger partial charge is 0.375 e. The van der Waals surface area contributed by atoms with Crippen molar-refractivity contribution in [2.75, 3.05) is 6.61 Å². The van der Waals surface area contributed by atoms with Crippen molar-refractivity contribution < 1.29 is 9.13 Å². The van der Waals surface area contributed by atoms with E-state index in [4.69, 9.17) is 10.5 Å². The van der Waals surface area contributed by atoms with Gasteiger partial charge < -0.3 is 10.5 Å². The Balaban J connectivity index is 1.79. The van der Waals surface area contributed by atoms with Crippen LogP contribution in [-0.4, -0.2) is 12.2 Å². The molecule has 0 bridgehead atoms. The normalized spacial score (nSPS) is 27.0. The highest BCUT2D eigenvalue weighted by Gasteiger charge is 2.44. The maximum absolute atomic E-state index is 13.9. The van der Waals surface area contributed by atoms with Crippen LogP contribution in [0, 0.1) is 11.7 Å². The van der Waals surface area contributed by atoms with Gasteiger partial charge in [0, 0.05) is 22.7 Å². The molecule has 0 radical (unpaired) electrons. The van der Waals surface area contributed by atoms with Gasteiger partial charge in [-0.1, -0.05) is 15.9 Å². The molecule has 1 saturated heterocycles. The van der Waals surface area contributed by atoms with E-state index in [2.05, 4.69) is 15.9 Å². The van der Waals surface area contributed by atoms with Gasteiger partial charge >= 0.3 is 0 Å². The minimum Gasteiger partial charge on any atom is -0.375 e. The van der Waals surface area contributed by atoms with Gasteiger partial charge in [0.15, 0.2) is 0 Å². The van der Waals surface area contributed by atoms with Crippen LogP contribution in [0.3, 0.4) is 0 Å². The van der Waals surface area contributed by atoms with Gasteiger partial charge in [0.05, 0.1) is 5.60 Å². The number of ether oxygens (including phenoxy) is 1. The number of nitrogens with two attached hydrogens (primary N) is 1. The fourth-order valence-corrected chi connectivity index (χ4v) is 3.69. The molecule has 0 aromatic heterocycles. The molecule has 2 fully saturated rings. The number of benzene rings is 1. The van der Waals surface area contributed by atoms with E-state index >= 15 is 0 Å². The third kappa shape index (κ3) is 2.58. The molecule has 4 heteroatoms. The van der Waals surface area contributed by atoms with Gasteiger partial charge in [-0.25, -0.2) is 4.39 Å². The van der Waals surface area contributed by atoms with Crippen LogP contribution >= 0.6 is 15.9 Å². The van der Waals surface area contributed by atoms with Crippen LogP contribution in [0.1, 0.15) is 43.7 Å². The molecule has 2 atom stereocenters. The summed E-state index contributed by atoms with van der Waals surface area (Å²) in [6.07, 6.45) is 5.41. The molecule has 1 aliphatic carbocycles. The lowest BCUT2D eigenvalue weighted by molar-refractivity contribution is -0.146. The summed E-state index contributed by atoms with van der Waals surface area (Å²) in [4.78, 5) is 0. The molecular formula is C15H19BrFNO. The van der Waals surface area contributed by atoms with Crippen molar-refractivity contribution in [2.45, 2.75) is 43.7 Å². The summed E-state index contributed by atoms with van der Waals surface area (Å²) in [7, 11) is 0. The summed E-state index contributed by atoms with van der Waals surface area (Å²) in [6, 6.07) is 4.77. The summed E-state index contributed by atoms with van der Waals surface area (Å²) in [5.41, 5.74) is 7.00. The van der Waals surface area contributed by atoms with Gasteiger partial charge in [-0.2, -0.15) is 0 Å². The Morgan fingerprint density at radius 2 is 2.21 bits per heavy atom. The molecule has 1 aromatic carbocycles. The van der Waals surface area contributed by atoms with Crippen LogP contribution in [0.2, 0.25) is 0 Å². The van der Waals surface area contributed by atoms with Crippen LogP contribution in [0.25, 0.3) is 0 Å². The first-order valence-electron chi connectivity index (χ1n) is 6.94. The molecule has 19 heavy (non-hydrogen) atoms. The number of hydrogen-bond acceptors (Lipinski definition) is 2. The summed E-state index contributed by atoms with van der Waals surface area (Å²) >= 11 is 3.39. The van der Waals surface area contributed by atoms with E-state index in [9.17, 15) is 4.39 Å². The fourth-order valence-electron chi connectivity index (χ4n) is 3.32. The number of halogens is 2. The second-order valence-corrected chi connectivity index (χ2v) is 6.75. The highest BCUT2D eigenvalue weighted by molar-refractivity contribution is 9.10. The van der Waals surface area contributed by atoms with E-state index in [-0.39, 0.29) is 17.5 Å². The van der Waals surface area contributed by atoms with Crippen LogP contribution in [0.4, 0.5) is 4.39 Å². The average molecular weight is 328 g/mol. The van der Waals surface area contributed by atoms with Gasteiger partial charge in [-0.05, 0) is 56.2 Å². The highest BCUT2D eigenvalue weighted by Crippen LogP contribution is 2.46. The van der Waals surface area contributed by atoms with Crippen molar-refractivity contribution in [1.29, 1.82) is 0 Å². The lowest BCUT2D eigenvalue weighted by Crippen LogP contribution is -2.47. The van der Waals surface area contributed by atoms with Gasteiger partial charge in [-0.3, -0.25) is 0 Å². The van der Waals surface area contributed by atoms with Gasteiger partial charge in [0.2, 0.25) is 0 Å². The molecule has 1 saturated carbocycles. The first kappa shape index (κ1) is 13.5. The molecule has 2 aliphatic rings. The Morgan fingerprint density at radius 3 is 2.89 bits per heavy atom. The quantitative estimate of drug-likeness (QED) is 0.892. The van der Waals surface area contributed by atoms with Crippen molar-refractivity contribution >= 4 is 15.9 Å². The molecule has 2 nitrogen and oxygen atoms in total. The van der Waals surface area contributed by atoms with E-state index in [0.29, 0.717) is 11.5 Å². The second-order valence-electron chi connectivity index (χ2n) is 5.83. The molecule has 1 aromatic rings. The Labute approximate surface area is 121 Å². The highest BCUT2D eigenvalue weighted by atomic mass is 79.9. The predicted octanol–water partition coefficient (Wildman–Crippen LogP) is 3.94. The maximum atomic E-state index is 13.9. The maximum Gasteiger partial charge on any atom is 0.128 e.